The number of aromatic nitrogens is 2. The van der Waals surface area contributed by atoms with Gasteiger partial charge in [-0.25, -0.2) is 4.39 Å². The van der Waals surface area contributed by atoms with Gasteiger partial charge in [0.25, 0.3) is 5.89 Å². The lowest BCUT2D eigenvalue weighted by molar-refractivity contribution is 0.00973. The highest BCUT2D eigenvalue weighted by atomic mass is 19.1. The van der Waals surface area contributed by atoms with Crippen molar-refractivity contribution in [2.75, 3.05) is 7.11 Å². The van der Waals surface area contributed by atoms with Crippen LogP contribution in [0.3, 0.4) is 0 Å². The highest BCUT2D eigenvalue weighted by Gasteiger charge is 2.27. The first-order chi connectivity index (χ1) is 8.99. The maximum Gasteiger partial charge on any atom is 0.259 e. The molecule has 0 atom stereocenters. The van der Waals surface area contributed by atoms with Gasteiger partial charge in [-0.05, 0) is 26.0 Å². The van der Waals surface area contributed by atoms with Crippen molar-refractivity contribution in [1.82, 2.24) is 10.1 Å². The lowest BCUT2D eigenvalue weighted by Crippen LogP contribution is -2.21. The Kier molecular flexibility index (Phi) is 3.32. The maximum absolute atomic E-state index is 13.5. The summed E-state index contributed by atoms with van der Waals surface area (Å²) < 4.78 is 23.8. The van der Waals surface area contributed by atoms with E-state index in [2.05, 4.69) is 10.1 Å². The van der Waals surface area contributed by atoms with Gasteiger partial charge >= 0.3 is 0 Å². The molecule has 0 aliphatic carbocycles. The van der Waals surface area contributed by atoms with E-state index in [4.69, 9.17) is 14.5 Å². The molecular weight excluding hydrogens is 249 g/mol. The van der Waals surface area contributed by atoms with Gasteiger partial charge in [-0.2, -0.15) is 10.2 Å². The summed E-state index contributed by atoms with van der Waals surface area (Å²) in [4.78, 5) is 4.15. The molecule has 0 spiro atoms. The molecule has 2 rings (SSSR count). The average molecular weight is 261 g/mol. The first kappa shape index (κ1) is 13.2. The Hall–Kier alpha value is -2.26. The van der Waals surface area contributed by atoms with Crippen molar-refractivity contribution >= 4 is 0 Å². The van der Waals surface area contributed by atoms with Gasteiger partial charge in [0, 0.05) is 7.11 Å². The number of halogens is 1. The standard InChI is InChI=1S/C13H12FN3O2/c1-13(2,18-3)12-16-11(19-17-12)8-5-4-6-10(14)9(8)7-15/h4-6H,1-3H3. The number of nitrogens with zero attached hydrogens (tertiary/aromatic N) is 3. The zero-order chi connectivity index (χ0) is 14.0. The summed E-state index contributed by atoms with van der Waals surface area (Å²) in [6.45, 7) is 3.55. The number of methoxy groups -OCH3 is 1. The van der Waals surface area contributed by atoms with Gasteiger partial charge in [0.15, 0.2) is 0 Å². The predicted molar refractivity (Wildman–Crippen MR) is 64.4 cm³/mol. The van der Waals surface area contributed by atoms with Crippen molar-refractivity contribution in [2.24, 2.45) is 0 Å². The molecule has 98 valence electrons. The van der Waals surface area contributed by atoms with E-state index >= 15 is 0 Å². The lowest BCUT2D eigenvalue weighted by Gasteiger charge is -2.17. The van der Waals surface area contributed by atoms with Crippen LogP contribution in [0.1, 0.15) is 25.2 Å². The number of ether oxygens (including phenoxy) is 1. The highest BCUT2D eigenvalue weighted by molar-refractivity contribution is 5.63. The molecule has 0 radical (unpaired) electrons. The fraction of sp³-hybridized carbons (Fsp3) is 0.308. The Morgan fingerprint density at radius 2 is 2.16 bits per heavy atom. The third kappa shape index (κ3) is 2.33. The summed E-state index contributed by atoms with van der Waals surface area (Å²) in [5.41, 5.74) is -0.567. The molecule has 0 bridgehead atoms. The number of nitriles is 1. The molecule has 1 heterocycles. The molecule has 5 nitrogen and oxygen atoms in total. The van der Waals surface area contributed by atoms with E-state index in [0.717, 1.165) is 0 Å². The van der Waals surface area contributed by atoms with Gasteiger partial charge in [-0.15, -0.1) is 0 Å². The fourth-order valence-corrected chi connectivity index (χ4v) is 1.48. The van der Waals surface area contributed by atoms with E-state index in [9.17, 15) is 4.39 Å². The zero-order valence-electron chi connectivity index (χ0n) is 10.8. The van der Waals surface area contributed by atoms with Gasteiger partial charge in [-0.3, -0.25) is 0 Å². The summed E-state index contributed by atoms with van der Waals surface area (Å²) in [6, 6.07) is 6.03. The molecule has 6 heteroatoms. The van der Waals surface area contributed by atoms with Gasteiger partial charge in [0.1, 0.15) is 23.1 Å². The molecule has 0 saturated heterocycles. The van der Waals surface area contributed by atoms with E-state index < -0.39 is 11.4 Å². The summed E-state index contributed by atoms with van der Waals surface area (Å²) in [7, 11) is 1.53. The molecule has 1 aromatic heterocycles. The van der Waals surface area contributed by atoms with Gasteiger partial charge in [0.2, 0.25) is 5.82 Å². The number of benzene rings is 1. The summed E-state index contributed by atoms with van der Waals surface area (Å²) >= 11 is 0. The smallest absolute Gasteiger partial charge is 0.259 e. The fourth-order valence-electron chi connectivity index (χ4n) is 1.48. The molecule has 1 aromatic carbocycles. The number of hydrogen-bond donors (Lipinski definition) is 0. The lowest BCUT2D eigenvalue weighted by atomic mass is 10.1. The quantitative estimate of drug-likeness (QED) is 0.849. The largest absolute Gasteiger partial charge is 0.371 e. The van der Waals surface area contributed by atoms with Crippen LogP contribution in [0.5, 0.6) is 0 Å². The van der Waals surface area contributed by atoms with Crippen LogP contribution in [-0.4, -0.2) is 17.3 Å². The Balaban J connectivity index is 2.51. The second-order valence-electron chi connectivity index (χ2n) is 4.41. The van der Waals surface area contributed by atoms with Crippen LogP contribution in [0.15, 0.2) is 22.7 Å². The van der Waals surface area contributed by atoms with Gasteiger partial charge in [0.05, 0.1) is 5.56 Å². The van der Waals surface area contributed by atoms with Crippen LogP contribution in [0.4, 0.5) is 4.39 Å². The van der Waals surface area contributed by atoms with E-state index in [1.165, 1.54) is 19.2 Å². The molecule has 0 fully saturated rings. The van der Waals surface area contributed by atoms with Crippen molar-refractivity contribution in [1.29, 1.82) is 5.26 Å². The molecule has 0 N–H and O–H groups in total. The molecule has 0 unspecified atom stereocenters. The number of hydrogen-bond acceptors (Lipinski definition) is 5. The van der Waals surface area contributed by atoms with Crippen LogP contribution < -0.4 is 0 Å². The Morgan fingerprint density at radius 3 is 2.79 bits per heavy atom. The minimum absolute atomic E-state index is 0.0937. The second kappa shape index (κ2) is 4.78. The minimum atomic E-state index is -0.720. The summed E-state index contributed by atoms with van der Waals surface area (Å²) in [5, 5.41) is 12.8. The van der Waals surface area contributed by atoms with Crippen LogP contribution in [-0.2, 0) is 10.3 Å². The number of rotatable bonds is 3. The third-order valence-electron chi connectivity index (χ3n) is 2.83. The van der Waals surface area contributed by atoms with Crippen molar-refractivity contribution in [3.05, 3.63) is 35.4 Å². The normalized spacial score (nSPS) is 11.3. The Morgan fingerprint density at radius 1 is 1.42 bits per heavy atom. The summed E-state index contributed by atoms with van der Waals surface area (Å²) in [6.07, 6.45) is 0. The molecule has 0 aliphatic rings. The van der Waals surface area contributed by atoms with Crippen molar-refractivity contribution in [3.63, 3.8) is 0 Å². The molecule has 2 aromatic rings. The second-order valence-corrected chi connectivity index (χ2v) is 4.41. The van der Waals surface area contributed by atoms with Crippen molar-refractivity contribution in [2.45, 2.75) is 19.4 Å². The molecular formula is C13H12FN3O2. The molecule has 19 heavy (non-hydrogen) atoms. The monoisotopic (exact) mass is 261 g/mol. The van der Waals surface area contributed by atoms with Crippen molar-refractivity contribution in [3.8, 4) is 17.5 Å². The Bertz CT molecular complexity index is 644. The maximum atomic E-state index is 13.5. The first-order valence-corrected chi connectivity index (χ1v) is 5.58. The van der Waals surface area contributed by atoms with Crippen LogP contribution in [0, 0.1) is 17.1 Å². The molecule has 0 aliphatic heterocycles. The van der Waals surface area contributed by atoms with E-state index in [1.807, 2.05) is 0 Å². The van der Waals surface area contributed by atoms with E-state index in [-0.39, 0.29) is 17.0 Å². The summed E-state index contributed by atoms with van der Waals surface area (Å²) in [5.74, 6) is -0.194. The van der Waals surface area contributed by atoms with Crippen LogP contribution in [0.25, 0.3) is 11.5 Å². The third-order valence-corrected chi connectivity index (χ3v) is 2.83. The van der Waals surface area contributed by atoms with E-state index in [0.29, 0.717) is 5.82 Å². The van der Waals surface area contributed by atoms with Crippen molar-refractivity contribution < 1.29 is 13.7 Å². The van der Waals surface area contributed by atoms with Gasteiger partial charge < -0.3 is 9.26 Å². The van der Waals surface area contributed by atoms with Crippen LogP contribution >= 0.6 is 0 Å². The topological polar surface area (TPSA) is 71.9 Å². The predicted octanol–water partition coefficient (Wildman–Crippen LogP) is 2.63. The SMILES string of the molecule is COC(C)(C)c1noc(-c2cccc(F)c2C#N)n1. The van der Waals surface area contributed by atoms with Crippen LogP contribution in [0.2, 0.25) is 0 Å². The minimum Gasteiger partial charge on any atom is -0.371 e. The zero-order valence-corrected chi connectivity index (χ0v) is 10.8. The average Bonchev–Trinajstić information content (AvgIpc) is 2.88. The Labute approximate surface area is 109 Å². The highest BCUT2D eigenvalue weighted by Crippen LogP contribution is 2.27. The van der Waals surface area contributed by atoms with E-state index in [1.54, 1.807) is 26.0 Å². The molecule has 0 amide bonds. The first-order valence-electron chi connectivity index (χ1n) is 5.58. The molecule has 0 saturated carbocycles. The van der Waals surface area contributed by atoms with Gasteiger partial charge in [-0.1, -0.05) is 11.2 Å².